The predicted molar refractivity (Wildman–Crippen MR) is 79.3 cm³/mol. The monoisotopic (exact) mass is 272 g/mol. The minimum atomic E-state index is 0.155. The first-order valence-corrected chi connectivity index (χ1v) is 7.92. The Bertz CT molecular complexity index is 454. The van der Waals surface area contributed by atoms with Gasteiger partial charge in [0.15, 0.2) is 0 Å². The van der Waals surface area contributed by atoms with Crippen LogP contribution in [-0.4, -0.2) is 12.4 Å². The molecule has 0 aromatic heterocycles. The molecule has 0 saturated heterocycles. The van der Waals surface area contributed by atoms with Crippen molar-refractivity contribution in [1.82, 2.24) is 0 Å². The normalized spacial score (nSPS) is 30.0. The predicted octanol–water partition coefficient (Wildman–Crippen LogP) is 4.13. The third kappa shape index (κ3) is 2.95. The zero-order chi connectivity index (χ0) is 13.8. The van der Waals surface area contributed by atoms with E-state index in [0.29, 0.717) is 18.3 Å². The highest BCUT2D eigenvalue weighted by Crippen LogP contribution is 2.49. The fraction of sp³-hybridized carbons (Fsp3) is 0.611. The fourth-order valence-electron chi connectivity index (χ4n) is 4.07. The molecule has 3 rings (SSSR count). The minimum absolute atomic E-state index is 0.155. The van der Waals surface area contributed by atoms with E-state index in [9.17, 15) is 4.79 Å². The Hall–Kier alpha value is -1.15. The molecule has 2 aliphatic rings. The van der Waals surface area contributed by atoms with Crippen molar-refractivity contribution in [3.8, 4) is 0 Å². The van der Waals surface area contributed by atoms with Crippen LogP contribution in [0.2, 0.25) is 0 Å². The van der Waals surface area contributed by atoms with Crippen molar-refractivity contribution in [2.45, 2.75) is 51.6 Å². The smallest absolute Gasteiger partial charge is 0.133 e. The van der Waals surface area contributed by atoms with Crippen molar-refractivity contribution < 1.29 is 9.53 Å². The summed E-state index contributed by atoms with van der Waals surface area (Å²) in [6, 6.07) is 10.3. The maximum Gasteiger partial charge on any atom is 0.133 e. The Balaban J connectivity index is 1.62. The van der Waals surface area contributed by atoms with Gasteiger partial charge >= 0.3 is 0 Å². The first-order valence-electron chi connectivity index (χ1n) is 7.92. The Labute approximate surface area is 121 Å². The Morgan fingerprint density at radius 2 is 2.00 bits per heavy atom. The molecule has 0 aliphatic heterocycles. The largest absolute Gasteiger partial charge is 0.376 e. The number of ether oxygens (including phenoxy) is 1. The molecule has 0 heterocycles. The number of hydrogen-bond donors (Lipinski definition) is 0. The first kappa shape index (κ1) is 13.8. The summed E-state index contributed by atoms with van der Waals surface area (Å²) in [5.74, 6) is 1.16. The minimum Gasteiger partial charge on any atom is -0.376 e. The fourth-order valence-corrected chi connectivity index (χ4v) is 4.07. The first-order chi connectivity index (χ1) is 9.78. The van der Waals surface area contributed by atoms with Crippen molar-refractivity contribution in [2.24, 2.45) is 11.3 Å². The molecule has 0 unspecified atom stereocenters. The van der Waals surface area contributed by atoms with Crippen LogP contribution < -0.4 is 0 Å². The van der Waals surface area contributed by atoms with E-state index in [1.54, 1.807) is 0 Å². The highest BCUT2D eigenvalue weighted by atomic mass is 16.5. The van der Waals surface area contributed by atoms with Gasteiger partial charge in [-0.05, 0) is 30.7 Å². The molecule has 20 heavy (non-hydrogen) atoms. The van der Waals surface area contributed by atoms with E-state index in [1.165, 1.54) is 31.2 Å². The van der Waals surface area contributed by atoms with Crippen LogP contribution in [0, 0.1) is 11.3 Å². The summed E-state index contributed by atoms with van der Waals surface area (Å²) in [6.07, 6.45) is 7.71. The van der Waals surface area contributed by atoms with E-state index in [2.05, 4.69) is 12.1 Å². The molecule has 0 radical (unpaired) electrons. The number of ketones is 1. The molecule has 0 amide bonds. The lowest BCUT2D eigenvalue weighted by molar-refractivity contribution is -0.131. The van der Waals surface area contributed by atoms with Crippen LogP contribution in [0.5, 0.6) is 0 Å². The van der Waals surface area contributed by atoms with E-state index in [4.69, 9.17) is 4.74 Å². The lowest BCUT2D eigenvalue weighted by Gasteiger charge is -2.46. The second-order valence-electron chi connectivity index (χ2n) is 6.54. The van der Waals surface area contributed by atoms with Crippen LogP contribution in [0.4, 0.5) is 0 Å². The molecule has 1 aromatic carbocycles. The molecule has 0 N–H and O–H groups in total. The number of hydrogen-bond acceptors (Lipinski definition) is 2. The van der Waals surface area contributed by atoms with E-state index in [1.807, 2.05) is 18.2 Å². The quantitative estimate of drug-likeness (QED) is 0.823. The van der Waals surface area contributed by atoms with Gasteiger partial charge in [0.25, 0.3) is 0 Å². The summed E-state index contributed by atoms with van der Waals surface area (Å²) in [7, 11) is 0. The highest BCUT2D eigenvalue weighted by Gasteiger charge is 2.44. The summed E-state index contributed by atoms with van der Waals surface area (Å²) < 4.78 is 6.02. The van der Waals surface area contributed by atoms with Crippen molar-refractivity contribution in [3.05, 3.63) is 35.9 Å². The molecular weight excluding hydrogens is 248 g/mol. The van der Waals surface area contributed by atoms with Gasteiger partial charge in [-0.25, -0.2) is 0 Å². The lowest BCUT2D eigenvalue weighted by atomic mass is 9.59. The van der Waals surface area contributed by atoms with E-state index in [-0.39, 0.29) is 5.41 Å². The molecular formula is C18H24O2. The van der Waals surface area contributed by atoms with Crippen LogP contribution >= 0.6 is 0 Å². The number of Topliss-reactive ketones (excluding diaryl/α,β-unsaturated/α-hetero) is 1. The van der Waals surface area contributed by atoms with Crippen LogP contribution in [0.25, 0.3) is 0 Å². The molecule has 2 fully saturated rings. The standard InChI is InChI=1S/C18H24O2/c19-17-10-9-16-8-4-5-11-18(16,12-17)14-20-13-15-6-2-1-3-7-15/h1-3,6-7,16H,4-5,8-14H2/t16-,18+/m0/s1. The highest BCUT2D eigenvalue weighted by molar-refractivity contribution is 5.80. The molecule has 1 aromatic rings. The van der Waals surface area contributed by atoms with Gasteiger partial charge < -0.3 is 4.74 Å². The van der Waals surface area contributed by atoms with E-state index < -0.39 is 0 Å². The molecule has 0 bridgehead atoms. The third-order valence-corrected chi connectivity index (χ3v) is 5.17. The lowest BCUT2D eigenvalue weighted by Crippen LogP contribution is -2.43. The second-order valence-corrected chi connectivity index (χ2v) is 6.54. The van der Waals surface area contributed by atoms with Gasteiger partial charge in [0.1, 0.15) is 5.78 Å². The Morgan fingerprint density at radius 1 is 1.15 bits per heavy atom. The van der Waals surface area contributed by atoms with Crippen LogP contribution in [0.1, 0.15) is 50.5 Å². The number of carbonyl (C=O) groups is 1. The average Bonchev–Trinajstić information content (AvgIpc) is 2.48. The van der Waals surface area contributed by atoms with Gasteiger partial charge in [0, 0.05) is 18.3 Å². The zero-order valence-corrected chi connectivity index (χ0v) is 12.1. The van der Waals surface area contributed by atoms with Gasteiger partial charge in [0.2, 0.25) is 0 Å². The number of benzene rings is 1. The number of fused-ring (bicyclic) bond motifs is 1. The Kier molecular flexibility index (Phi) is 4.21. The van der Waals surface area contributed by atoms with Gasteiger partial charge in [0.05, 0.1) is 13.2 Å². The maximum absolute atomic E-state index is 11.9. The van der Waals surface area contributed by atoms with Gasteiger partial charge in [-0.2, -0.15) is 0 Å². The molecule has 2 atom stereocenters. The van der Waals surface area contributed by atoms with Crippen LogP contribution in [0.15, 0.2) is 30.3 Å². The van der Waals surface area contributed by atoms with Crippen molar-refractivity contribution >= 4 is 5.78 Å². The SMILES string of the molecule is O=C1CC[C@@H]2CCCC[C@]2(COCc2ccccc2)C1. The number of rotatable bonds is 4. The average molecular weight is 272 g/mol. The summed E-state index contributed by atoms with van der Waals surface area (Å²) >= 11 is 0. The third-order valence-electron chi connectivity index (χ3n) is 5.17. The van der Waals surface area contributed by atoms with Crippen LogP contribution in [0.3, 0.4) is 0 Å². The van der Waals surface area contributed by atoms with Crippen molar-refractivity contribution in [3.63, 3.8) is 0 Å². The second kappa shape index (κ2) is 6.09. The van der Waals surface area contributed by atoms with Crippen molar-refractivity contribution in [1.29, 1.82) is 0 Å². The summed E-state index contributed by atoms with van der Waals surface area (Å²) in [5.41, 5.74) is 1.38. The molecule has 108 valence electrons. The van der Waals surface area contributed by atoms with Crippen LogP contribution in [-0.2, 0) is 16.1 Å². The maximum atomic E-state index is 11.9. The van der Waals surface area contributed by atoms with Gasteiger partial charge in [-0.1, -0.05) is 43.2 Å². The number of carbonyl (C=O) groups excluding carboxylic acids is 1. The molecule has 2 heteroatoms. The zero-order valence-electron chi connectivity index (χ0n) is 12.1. The summed E-state index contributed by atoms with van der Waals surface area (Å²) in [5, 5.41) is 0. The molecule has 2 aliphatic carbocycles. The van der Waals surface area contributed by atoms with Crippen molar-refractivity contribution in [2.75, 3.05) is 6.61 Å². The summed E-state index contributed by atoms with van der Waals surface area (Å²) in [6.45, 7) is 1.43. The Morgan fingerprint density at radius 3 is 2.85 bits per heavy atom. The summed E-state index contributed by atoms with van der Waals surface area (Å²) in [4.78, 5) is 11.9. The van der Waals surface area contributed by atoms with Gasteiger partial charge in [-0.3, -0.25) is 4.79 Å². The van der Waals surface area contributed by atoms with E-state index in [0.717, 1.165) is 25.9 Å². The van der Waals surface area contributed by atoms with E-state index >= 15 is 0 Å². The molecule has 0 spiro atoms. The topological polar surface area (TPSA) is 26.3 Å². The van der Waals surface area contributed by atoms with Gasteiger partial charge in [-0.15, -0.1) is 0 Å². The molecule has 2 nitrogen and oxygen atoms in total. The molecule has 2 saturated carbocycles.